The second-order valence-corrected chi connectivity index (χ2v) is 6.52. The van der Waals surface area contributed by atoms with E-state index < -0.39 is 5.54 Å². The van der Waals surface area contributed by atoms with Gasteiger partial charge in [0.15, 0.2) is 0 Å². The minimum atomic E-state index is -0.735. The summed E-state index contributed by atoms with van der Waals surface area (Å²) in [6.45, 7) is 4.01. The Bertz CT molecular complexity index is 467. The average Bonchev–Trinajstić information content (AvgIpc) is 2.39. The average molecular weight is 362 g/mol. The molecule has 20 heavy (non-hydrogen) atoms. The van der Waals surface area contributed by atoms with Gasteiger partial charge in [-0.3, -0.25) is 4.79 Å². The highest BCUT2D eigenvalue weighted by Crippen LogP contribution is 2.28. The number of carbonyl (C=O) groups is 1. The van der Waals surface area contributed by atoms with Crippen molar-refractivity contribution in [3.05, 3.63) is 27.7 Å². The minimum Gasteiger partial charge on any atom is -0.371 e. The lowest BCUT2D eigenvalue weighted by Crippen LogP contribution is -2.47. The van der Waals surface area contributed by atoms with Crippen molar-refractivity contribution >= 4 is 39.1 Å². The summed E-state index contributed by atoms with van der Waals surface area (Å²) in [4.78, 5) is 11.8. The molecule has 3 nitrogen and oxygen atoms in total. The van der Waals surface area contributed by atoms with Crippen LogP contribution in [0, 0.1) is 0 Å². The number of primary amides is 1. The zero-order valence-corrected chi connectivity index (χ0v) is 14.4. The molecule has 1 amide bonds. The van der Waals surface area contributed by atoms with Gasteiger partial charge in [-0.25, -0.2) is 0 Å². The Labute approximate surface area is 134 Å². The Morgan fingerprint density at radius 1 is 1.40 bits per heavy atom. The van der Waals surface area contributed by atoms with Crippen molar-refractivity contribution in [3.8, 4) is 0 Å². The van der Waals surface area contributed by atoms with Gasteiger partial charge in [0.2, 0.25) is 5.91 Å². The lowest BCUT2D eigenvalue weighted by Gasteiger charge is -2.29. The van der Waals surface area contributed by atoms with E-state index in [9.17, 15) is 4.79 Å². The van der Waals surface area contributed by atoms with Crippen LogP contribution < -0.4 is 11.1 Å². The lowest BCUT2D eigenvalue weighted by molar-refractivity contribution is -0.122. The van der Waals surface area contributed by atoms with Crippen LogP contribution in [0.5, 0.6) is 0 Å². The fourth-order valence-electron chi connectivity index (χ4n) is 2.05. The molecule has 3 N–H and O–H groups in total. The molecule has 0 aliphatic carbocycles. The van der Waals surface area contributed by atoms with Crippen molar-refractivity contribution in [2.24, 2.45) is 5.73 Å². The first kappa shape index (κ1) is 17.3. The molecule has 0 aromatic heterocycles. The van der Waals surface area contributed by atoms with Crippen LogP contribution in [-0.4, -0.2) is 11.4 Å². The van der Waals surface area contributed by atoms with Crippen molar-refractivity contribution in [1.29, 1.82) is 0 Å². The molecule has 0 aliphatic rings. The first-order valence-corrected chi connectivity index (χ1v) is 8.09. The molecule has 1 aromatic rings. The van der Waals surface area contributed by atoms with Gasteiger partial charge in [-0.1, -0.05) is 44.2 Å². The second-order valence-electron chi connectivity index (χ2n) is 5.26. The highest BCUT2D eigenvalue weighted by Gasteiger charge is 2.30. The number of carbonyl (C=O) groups excluding carboxylic acids is 1. The molecule has 1 atom stereocenters. The molecule has 112 valence electrons. The number of benzene rings is 1. The van der Waals surface area contributed by atoms with Gasteiger partial charge in [-0.15, -0.1) is 0 Å². The van der Waals surface area contributed by atoms with E-state index in [1.165, 1.54) is 12.8 Å². The summed E-state index contributed by atoms with van der Waals surface area (Å²) in [6.07, 6.45) is 5.18. The number of anilines is 1. The van der Waals surface area contributed by atoms with E-state index in [2.05, 4.69) is 28.2 Å². The van der Waals surface area contributed by atoms with Crippen molar-refractivity contribution in [1.82, 2.24) is 0 Å². The maximum atomic E-state index is 11.8. The summed E-state index contributed by atoms with van der Waals surface area (Å²) in [5.74, 6) is -0.333. The smallest absolute Gasteiger partial charge is 0.242 e. The Balaban J connectivity index is 2.74. The summed E-state index contributed by atoms with van der Waals surface area (Å²) in [7, 11) is 0. The number of nitrogens with one attached hydrogen (secondary N) is 1. The van der Waals surface area contributed by atoms with Gasteiger partial charge in [0, 0.05) is 10.2 Å². The SMILES string of the molecule is CCCCCCC(C)(Nc1ccc(Cl)c(Br)c1)C(N)=O. The van der Waals surface area contributed by atoms with E-state index >= 15 is 0 Å². The van der Waals surface area contributed by atoms with Crippen LogP contribution in [-0.2, 0) is 4.79 Å². The number of nitrogens with two attached hydrogens (primary N) is 1. The van der Waals surface area contributed by atoms with Crippen LogP contribution in [0.2, 0.25) is 5.02 Å². The summed E-state index contributed by atoms with van der Waals surface area (Å²) in [5.41, 5.74) is 5.66. The van der Waals surface area contributed by atoms with Gasteiger partial charge in [-0.05, 0) is 47.5 Å². The quantitative estimate of drug-likeness (QED) is 0.658. The maximum Gasteiger partial charge on any atom is 0.242 e. The van der Waals surface area contributed by atoms with Gasteiger partial charge in [-0.2, -0.15) is 0 Å². The zero-order chi connectivity index (χ0) is 15.2. The van der Waals surface area contributed by atoms with Crippen LogP contribution in [0.4, 0.5) is 5.69 Å². The van der Waals surface area contributed by atoms with E-state index in [-0.39, 0.29) is 5.91 Å². The maximum absolute atomic E-state index is 11.8. The molecule has 1 unspecified atom stereocenters. The number of hydrogen-bond acceptors (Lipinski definition) is 2. The molecule has 0 bridgehead atoms. The van der Waals surface area contributed by atoms with E-state index in [4.69, 9.17) is 17.3 Å². The lowest BCUT2D eigenvalue weighted by atomic mass is 9.93. The zero-order valence-electron chi connectivity index (χ0n) is 12.0. The van der Waals surface area contributed by atoms with E-state index in [1.54, 1.807) is 6.07 Å². The first-order chi connectivity index (χ1) is 9.39. The largest absolute Gasteiger partial charge is 0.371 e. The predicted octanol–water partition coefficient (Wildman–Crippen LogP) is 4.73. The monoisotopic (exact) mass is 360 g/mol. The van der Waals surface area contributed by atoms with Crippen LogP contribution in [0.3, 0.4) is 0 Å². The van der Waals surface area contributed by atoms with Gasteiger partial charge in [0.25, 0.3) is 0 Å². The third kappa shape index (κ3) is 4.98. The van der Waals surface area contributed by atoms with E-state index in [0.717, 1.165) is 29.4 Å². The molecule has 0 spiro atoms. The fourth-order valence-corrected chi connectivity index (χ4v) is 2.54. The summed E-state index contributed by atoms with van der Waals surface area (Å²) < 4.78 is 0.793. The van der Waals surface area contributed by atoms with Gasteiger partial charge in [0.1, 0.15) is 5.54 Å². The van der Waals surface area contributed by atoms with Gasteiger partial charge < -0.3 is 11.1 Å². The molecule has 0 fully saturated rings. The topological polar surface area (TPSA) is 55.1 Å². The van der Waals surface area contributed by atoms with Crippen LogP contribution >= 0.6 is 27.5 Å². The Hall–Kier alpha value is -0.740. The molecule has 0 saturated heterocycles. The predicted molar refractivity (Wildman–Crippen MR) is 89.1 cm³/mol. The highest BCUT2D eigenvalue weighted by atomic mass is 79.9. The minimum absolute atomic E-state index is 0.333. The van der Waals surface area contributed by atoms with Crippen molar-refractivity contribution < 1.29 is 4.79 Å². The number of unbranched alkanes of at least 4 members (excludes halogenated alkanes) is 3. The molecule has 5 heteroatoms. The first-order valence-electron chi connectivity index (χ1n) is 6.92. The van der Waals surface area contributed by atoms with E-state index in [0.29, 0.717) is 5.02 Å². The van der Waals surface area contributed by atoms with Crippen LogP contribution in [0.15, 0.2) is 22.7 Å². The molecular formula is C15H22BrClN2O. The molecule has 1 rings (SSSR count). The number of hydrogen-bond donors (Lipinski definition) is 2. The molecule has 1 aromatic carbocycles. The molecule has 0 radical (unpaired) electrons. The number of rotatable bonds is 8. The summed E-state index contributed by atoms with van der Waals surface area (Å²) >= 11 is 9.34. The van der Waals surface area contributed by atoms with Crippen molar-refractivity contribution in [2.75, 3.05) is 5.32 Å². The van der Waals surface area contributed by atoms with Crippen molar-refractivity contribution in [3.63, 3.8) is 0 Å². The number of halogens is 2. The van der Waals surface area contributed by atoms with Gasteiger partial charge in [0.05, 0.1) is 5.02 Å². The molecular weight excluding hydrogens is 340 g/mol. The van der Waals surface area contributed by atoms with Gasteiger partial charge >= 0.3 is 0 Å². The van der Waals surface area contributed by atoms with Crippen LogP contribution in [0.1, 0.15) is 46.0 Å². The third-order valence-electron chi connectivity index (χ3n) is 3.41. The second kappa shape index (κ2) is 7.89. The summed E-state index contributed by atoms with van der Waals surface area (Å²) in [6, 6.07) is 5.49. The Kier molecular flexibility index (Phi) is 6.83. The third-order valence-corrected chi connectivity index (χ3v) is 4.63. The highest BCUT2D eigenvalue weighted by molar-refractivity contribution is 9.10. The normalized spacial score (nSPS) is 13.8. The van der Waals surface area contributed by atoms with Crippen LogP contribution in [0.25, 0.3) is 0 Å². The number of amides is 1. The molecule has 0 aliphatic heterocycles. The molecule has 0 saturated carbocycles. The standard InChI is InChI=1S/C15H22BrClN2O/c1-3-4-5-6-9-15(2,14(18)20)19-11-7-8-13(17)12(16)10-11/h7-8,10,19H,3-6,9H2,1-2H3,(H2,18,20). The van der Waals surface area contributed by atoms with Crippen molar-refractivity contribution in [2.45, 2.75) is 51.5 Å². The fraction of sp³-hybridized carbons (Fsp3) is 0.533. The summed E-state index contributed by atoms with van der Waals surface area (Å²) in [5, 5.41) is 3.87. The van der Waals surface area contributed by atoms with E-state index in [1.807, 2.05) is 19.1 Å². The molecule has 0 heterocycles. The Morgan fingerprint density at radius 2 is 2.10 bits per heavy atom. The Morgan fingerprint density at radius 3 is 2.65 bits per heavy atom.